The van der Waals surface area contributed by atoms with Crippen LogP contribution in [0.1, 0.15) is 25.0 Å². The summed E-state index contributed by atoms with van der Waals surface area (Å²) in [4.78, 5) is 8.36. The third-order valence-electron chi connectivity index (χ3n) is 2.86. The fraction of sp³-hybridized carbons (Fsp3) is 0.375. The first kappa shape index (κ1) is 15.7. The minimum Gasteiger partial charge on any atom is -0.437 e. The molecule has 1 N–H and O–H groups in total. The highest BCUT2D eigenvalue weighted by molar-refractivity contribution is 6.30. The maximum atomic E-state index is 5.89. The zero-order chi connectivity index (χ0) is 15.2. The Morgan fingerprint density at radius 3 is 2.71 bits per heavy atom. The van der Waals surface area contributed by atoms with E-state index in [1.165, 1.54) is 0 Å². The van der Waals surface area contributed by atoms with E-state index >= 15 is 0 Å². The fourth-order valence-electron chi connectivity index (χ4n) is 1.89. The molecule has 0 amide bonds. The highest BCUT2D eigenvalue weighted by atomic mass is 35.5. The van der Waals surface area contributed by atoms with E-state index in [1.54, 1.807) is 18.5 Å². The monoisotopic (exact) mass is 305 g/mol. The van der Waals surface area contributed by atoms with Gasteiger partial charge in [-0.1, -0.05) is 25.4 Å². The molecule has 0 radical (unpaired) electrons. The zero-order valence-electron chi connectivity index (χ0n) is 12.6. The number of nitrogens with zero attached hydrogens (tertiary/aromatic N) is 2. The number of hydrogen-bond donors (Lipinski definition) is 1. The molecule has 112 valence electrons. The van der Waals surface area contributed by atoms with E-state index in [0.29, 0.717) is 22.6 Å². The molecule has 0 saturated heterocycles. The summed E-state index contributed by atoms with van der Waals surface area (Å²) in [5.41, 5.74) is 2.13. The molecule has 21 heavy (non-hydrogen) atoms. The standard InChI is InChI=1S/C16H20ClN3O/c1-11(2)6-18-7-13-4-12(3)16(20-8-13)21-15-5-14(17)9-19-10-15/h4-5,8-11,18H,6-7H2,1-3H3. The highest BCUT2D eigenvalue weighted by Crippen LogP contribution is 2.24. The Labute approximate surface area is 130 Å². The molecule has 0 atom stereocenters. The minimum atomic E-state index is 0.541. The first-order valence-corrected chi connectivity index (χ1v) is 7.37. The quantitative estimate of drug-likeness (QED) is 0.877. The molecule has 0 unspecified atom stereocenters. The fourth-order valence-corrected chi connectivity index (χ4v) is 2.05. The molecular formula is C16H20ClN3O. The summed E-state index contributed by atoms with van der Waals surface area (Å²) in [7, 11) is 0. The van der Waals surface area contributed by atoms with Crippen molar-refractivity contribution in [2.24, 2.45) is 5.92 Å². The topological polar surface area (TPSA) is 47.0 Å². The van der Waals surface area contributed by atoms with Crippen molar-refractivity contribution in [2.45, 2.75) is 27.3 Å². The summed E-state index contributed by atoms with van der Waals surface area (Å²) in [6, 6.07) is 3.79. The second-order valence-electron chi connectivity index (χ2n) is 5.43. The first-order valence-electron chi connectivity index (χ1n) is 6.99. The second kappa shape index (κ2) is 7.38. The average Bonchev–Trinajstić information content (AvgIpc) is 2.41. The lowest BCUT2D eigenvalue weighted by Crippen LogP contribution is -2.19. The van der Waals surface area contributed by atoms with Gasteiger partial charge in [-0.15, -0.1) is 0 Å². The van der Waals surface area contributed by atoms with Gasteiger partial charge < -0.3 is 10.1 Å². The van der Waals surface area contributed by atoms with Crippen LogP contribution in [-0.2, 0) is 6.54 Å². The van der Waals surface area contributed by atoms with E-state index in [9.17, 15) is 0 Å². The van der Waals surface area contributed by atoms with Crippen molar-refractivity contribution >= 4 is 11.6 Å². The van der Waals surface area contributed by atoms with Crippen molar-refractivity contribution in [1.82, 2.24) is 15.3 Å². The molecule has 0 aliphatic carbocycles. The van der Waals surface area contributed by atoms with Crippen molar-refractivity contribution < 1.29 is 4.74 Å². The Kier molecular flexibility index (Phi) is 5.53. The first-order chi connectivity index (χ1) is 10.0. The van der Waals surface area contributed by atoms with Crippen LogP contribution in [0.5, 0.6) is 11.6 Å². The van der Waals surface area contributed by atoms with E-state index in [2.05, 4.69) is 35.2 Å². The molecule has 5 heteroatoms. The van der Waals surface area contributed by atoms with Gasteiger partial charge in [-0.25, -0.2) is 4.98 Å². The lowest BCUT2D eigenvalue weighted by atomic mass is 10.2. The van der Waals surface area contributed by atoms with Gasteiger partial charge in [0.05, 0.1) is 11.2 Å². The molecule has 2 heterocycles. The van der Waals surface area contributed by atoms with Crippen LogP contribution >= 0.6 is 11.6 Å². The lowest BCUT2D eigenvalue weighted by Gasteiger charge is -2.10. The lowest BCUT2D eigenvalue weighted by molar-refractivity contribution is 0.456. The summed E-state index contributed by atoms with van der Waals surface area (Å²) in [6.45, 7) is 8.15. The number of hydrogen-bond acceptors (Lipinski definition) is 4. The van der Waals surface area contributed by atoms with Crippen molar-refractivity contribution in [3.05, 3.63) is 46.9 Å². The molecule has 0 fully saturated rings. The second-order valence-corrected chi connectivity index (χ2v) is 5.87. The molecule has 0 bridgehead atoms. The van der Waals surface area contributed by atoms with Crippen LogP contribution in [0.2, 0.25) is 5.02 Å². The summed E-state index contributed by atoms with van der Waals surface area (Å²) in [5, 5.41) is 3.94. The van der Waals surface area contributed by atoms with Gasteiger partial charge in [0.15, 0.2) is 0 Å². The van der Waals surface area contributed by atoms with Crippen LogP contribution in [0.25, 0.3) is 0 Å². The van der Waals surface area contributed by atoms with Gasteiger partial charge in [0.25, 0.3) is 0 Å². The maximum absolute atomic E-state index is 5.89. The Hall–Kier alpha value is -1.65. The van der Waals surface area contributed by atoms with Crippen LogP contribution in [0.4, 0.5) is 0 Å². The molecule has 2 aromatic rings. The molecule has 4 nitrogen and oxygen atoms in total. The van der Waals surface area contributed by atoms with E-state index < -0.39 is 0 Å². The molecule has 0 spiro atoms. The number of aryl methyl sites for hydroxylation is 1. The summed E-state index contributed by atoms with van der Waals surface area (Å²) in [5.74, 6) is 1.80. The van der Waals surface area contributed by atoms with Crippen molar-refractivity contribution in [2.75, 3.05) is 6.54 Å². The average molecular weight is 306 g/mol. The van der Waals surface area contributed by atoms with Crippen LogP contribution in [-0.4, -0.2) is 16.5 Å². The Morgan fingerprint density at radius 2 is 2.05 bits per heavy atom. The Morgan fingerprint density at radius 1 is 1.24 bits per heavy atom. The van der Waals surface area contributed by atoms with Crippen LogP contribution in [0.15, 0.2) is 30.7 Å². The molecular weight excluding hydrogens is 286 g/mol. The Balaban J connectivity index is 2.02. The summed E-state index contributed by atoms with van der Waals surface area (Å²) >= 11 is 5.89. The minimum absolute atomic E-state index is 0.541. The SMILES string of the molecule is Cc1cc(CNCC(C)C)cnc1Oc1cncc(Cl)c1. The van der Waals surface area contributed by atoms with E-state index in [-0.39, 0.29) is 0 Å². The van der Waals surface area contributed by atoms with Crippen LogP contribution in [0, 0.1) is 12.8 Å². The summed E-state index contributed by atoms with van der Waals surface area (Å²) in [6.07, 6.45) is 5.01. The number of pyridine rings is 2. The molecule has 0 saturated carbocycles. The molecule has 0 aliphatic rings. The zero-order valence-corrected chi connectivity index (χ0v) is 13.3. The highest BCUT2D eigenvalue weighted by Gasteiger charge is 2.06. The van der Waals surface area contributed by atoms with Gasteiger partial charge in [-0.05, 0) is 31.0 Å². The number of aromatic nitrogens is 2. The van der Waals surface area contributed by atoms with E-state index in [1.807, 2.05) is 13.1 Å². The smallest absolute Gasteiger partial charge is 0.222 e. The molecule has 2 aromatic heterocycles. The largest absolute Gasteiger partial charge is 0.437 e. The van der Waals surface area contributed by atoms with Gasteiger partial charge in [0, 0.05) is 30.6 Å². The number of halogens is 1. The van der Waals surface area contributed by atoms with E-state index in [0.717, 1.165) is 24.2 Å². The predicted molar refractivity (Wildman–Crippen MR) is 84.8 cm³/mol. The number of ether oxygens (including phenoxy) is 1. The van der Waals surface area contributed by atoms with Crippen LogP contribution < -0.4 is 10.1 Å². The van der Waals surface area contributed by atoms with Gasteiger partial charge in [0.2, 0.25) is 5.88 Å². The maximum Gasteiger partial charge on any atom is 0.222 e. The van der Waals surface area contributed by atoms with Crippen LogP contribution in [0.3, 0.4) is 0 Å². The number of rotatable bonds is 6. The van der Waals surface area contributed by atoms with Gasteiger partial charge >= 0.3 is 0 Å². The normalized spacial score (nSPS) is 10.9. The molecule has 2 rings (SSSR count). The van der Waals surface area contributed by atoms with Gasteiger partial charge in [-0.3, -0.25) is 4.98 Å². The predicted octanol–water partition coefficient (Wildman–Crippen LogP) is 3.98. The third kappa shape index (κ3) is 4.99. The van der Waals surface area contributed by atoms with E-state index in [4.69, 9.17) is 16.3 Å². The van der Waals surface area contributed by atoms with Crippen molar-refractivity contribution in [3.63, 3.8) is 0 Å². The number of nitrogens with one attached hydrogen (secondary N) is 1. The summed E-state index contributed by atoms with van der Waals surface area (Å²) < 4.78 is 5.71. The molecule has 0 aromatic carbocycles. The van der Waals surface area contributed by atoms with Gasteiger partial charge in [-0.2, -0.15) is 0 Å². The van der Waals surface area contributed by atoms with Gasteiger partial charge in [0.1, 0.15) is 5.75 Å². The third-order valence-corrected chi connectivity index (χ3v) is 3.07. The molecule has 0 aliphatic heterocycles. The Bertz CT molecular complexity index is 602. The van der Waals surface area contributed by atoms with Crippen molar-refractivity contribution in [3.8, 4) is 11.6 Å². The van der Waals surface area contributed by atoms with Crippen molar-refractivity contribution in [1.29, 1.82) is 0 Å².